The molecule has 6 nitrogen and oxygen atoms in total. The van der Waals surface area contributed by atoms with Crippen LogP contribution in [0.1, 0.15) is 25.7 Å². The predicted molar refractivity (Wildman–Crippen MR) is 68.9 cm³/mol. The van der Waals surface area contributed by atoms with Crippen LogP contribution in [0.3, 0.4) is 0 Å². The van der Waals surface area contributed by atoms with Gasteiger partial charge in [0.25, 0.3) is 0 Å². The summed E-state index contributed by atoms with van der Waals surface area (Å²) in [4.78, 5) is 11.4. The van der Waals surface area contributed by atoms with Crippen LogP contribution in [-0.4, -0.2) is 47.4 Å². The fourth-order valence-electron chi connectivity index (χ4n) is 2.86. The van der Waals surface area contributed by atoms with Crippen LogP contribution in [0.15, 0.2) is 0 Å². The fraction of sp³-hybridized carbons (Fsp3) is 0.909. The number of aliphatic carboxylic acids is 1. The van der Waals surface area contributed by atoms with Gasteiger partial charge in [-0.2, -0.15) is 0 Å². The standard InChI is InChI=1S/C11H23BN2O4/c1-14-7-9-3-2-8(4-5-12(17)18)6-11(9,13)10(15)16/h8-9,14,17-18H,2-7,13H2,1H3,(H,15,16)/t8-,9-,11+/m0/s1. The number of carboxylic acid groups (broad SMARTS) is 1. The highest BCUT2D eigenvalue weighted by molar-refractivity contribution is 6.40. The van der Waals surface area contributed by atoms with E-state index in [0.29, 0.717) is 19.4 Å². The molecule has 3 atom stereocenters. The van der Waals surface area contributed by atoms with Gasteiger partial charge in [0.2, 0.25) is 0 Å². The zero-order valence-corrected chi connectivity index (χ0v) is 10.8. The molecule has 7 heteroatoms. The number of hydrogen-bond donors (Lipinski definition) is 5. The molecule has 0 saturated heterocycles. The molecule has 0 unspecified atom stereocenters. The van der Waals surface area contributed by atoms with Crippen LogP contribution in [0.25, 0.3) is 0 Å². The molecule has 0 aliphatic heterocycles. The van der Waals surface area contributed by atoms with E-state index in [2.05, 4.69) is 5.32 Å². The Labute approximate surface area is 108 Å². The highest BCUT2D eigenvalue weighted by atomic mass is 16.4. The smallest absolute Gasteiger partial charge is 0.451 e. The van der Waals surface area contributed by atoms with Crippen molar-refractivity contribution in [3.8, 4) is 0 Å². The van der Waals surface area contributed by atoms with E-state index < -0.39 is 18.6 Å². The Balaban J connectivity index is 2.65. The van der Waals surface area contributed by atoms with Crippen molar-refractivity contribution in [2.75, 3.05) is 13.6 Å². The minimum absolute atomic E-state index is 0.0738. The van der Waals surface area contributed by atoms with Crippen LogP contribution in [0.4, 0.5) is 0 Å². The molecule has 1 rings (SSSR count). The minimum Gasteiger partial charge on any atom is -0.480 e. The summed E-state index contributed by atoms with van der Waals surface area (Å²) in [5, 5.41) is 30.0. The van der Waals surface area contributed by atoms with Crippen LogP contribution in [0, 0.1) is 11.8 Å². The molecule has 0 aromatic rings. The van der Waals surface area contributed by atoms with Gasteiger partial charge in [0.1, 0.15) is 5.54 Å². The monoisotopic (exact) mass is 258 g/mol. The summed E-state index contributed by atoms with van der Waals surface area (Å²) in [5.74, 6) is -0.881. The molecule has 104 valence electrons. The van der Waals surface area contributed by atoms with Gasteiger partial charge in [-0.1, -0.05) is 6.42 Å². The molecule has 1 aliphatic rings. The first-order valence-electron chi connectivity index (χ1n) is 6.43. The van der Waals surface area contributed by atoms with Gasteiger partial charge in [-0.15, -0.1) is 0 Å². The van der Waals surface area contributed by atoms with Gasteiger partial charge in [0.15, 0.2) is 0 Å². The number of nitrogens with two attached hydrogens (primary N) is 1. The van der Waals surface area contributed by atoms with E-state index in [1.807, 2.05) is 0 Å². The fourth-order valence-corrected chi connectivity index (χ4v) is 2.86. The van der Waals surface area contributed by atoms with E-state index in [4.69, 9.17) is 15.8 Å². The summed E-state index contributed by atoms with van der Waals surface area (Å²) in [6, 6.07) is 0. The maximum Gasteiger partial charge on any atom is 0.451 e. The molecule has 0 bridgehead atoms. The van der Waals surface area contributed by atoms with E-state index in [-0.39, 0.29) is 18.2 Å². The summed E-state index contributed by atoms with van der Waals surface area (Å²) in [6.07, 6.45) is 2.94. The average molecular weight is 258 g/mol. The van der Waals surface area contributed by atoms with E-state index in [9.17, 15) is 9.90 Å². The van der Waals surface area contributed by atoms with Crippen molar-refractivity contribution in [1.82, 2.24) is 5.32 Å². The largest absolute Gasteiger partial charge is 0.480 e. The van der Waals surface area contributed by atoms with Gasteiger partial charge in [-0.3, -0.25) is 4.79 Å². The third kappa shape index (κ3) is 3.68. The van der Waals surface area contributed by atoms with Crippen molar-refractivity contribution in [1.29, 1.82) is 0 Å². The highest BCUT2D eigenvalue weighted by Gasteiger charge is 2.46. The van der Waals surface area contributed by atoms with Gasteiger partial charge < -0.3 is 26.2 Å². The number of carboxylic acids is 1. The molecule has 6 N–H and O–H groups in total. The molecule has 1 fully saturated rings. The van der Waals surface area contributed by atoms with Gasteiger partial charge in [-0.05, 0) is 45.1 Å². The van der Waals surface area contributed by atoms with Crippen molar-refractivity contribution < 1.29 is 19.9 Å². The maximum absolute atomic E-state index is 11.4. The lowest BCUT2D eigenvalue weighted by molar-refractivity contribution is -0.148. The predicted octanol–water partition coefficient (Wildman–Crippen LogP) is -0.733. The number of nitrogens with one attached hydrogen (secondary N) is 1. The molecular weight excluding hydrogens is 235 g/mol. The molecule has 0 heterocycles. The van der Waals surface area contributed by atoms with Crippen molar-refractivity contribution in [3.63, 3.8) is 0 Å². The minimum atomic E-state index is -1.32. The third-order valence-corrected chi connectivity index (χ3v) is 3.96. The van der Waals surface area contributed by atoms with Gasteiger partial charge >= 0.3 is 13.1 Å². The normalized spacial score (nSPS) is 32.2. The Hall–Kier alpha value is -0.625. The molecule has 0 spiro atoms. The zero-order chi connectivity index (χ0) is 13.8. The van der Waals surface area contributed by atoms with Crippen LogP contribution >= 0.6 is 0 Å². The summed E-state index contributed by atoms with van der Waals surface area (Å²) in [7, 11) is 0.466. The highest BCUT2D eigenvalue weighted by Crippen LogP contribution is 2.37. The summed E-state index contributed by atoms with van der Waals surface area (Å²) in [6.45, 7) is 0.595. The third-order valence-electron chi connectivity index (χ3n) is 3.96. The zero-order valence-electron chi connectivity index (χ0n) is 10.8. The summed E-state index contributed by atoms with van der Waals surface area (Å²) < 4.78 is 0. The Morgan fingerprint density at radius 1 is 1.50 bits per heavy atom. The van der Waals surface area contributed by atoms with E-state index >= 15 is 0 Å². The van der Waals surface area contributed by atoms with Crippen LogP contribution in [-0.2, 0) is 4.79 Å². The van der Waals surface area contributed by atoms with E-state index in [1.54, 1.807) is 7.05 Å². The first-order chi connectivity index (χ1) is 8.40. The molecule has 1 saturated carbocycles. The topological polar surface area (TPSA) is 116 Å². The number of carbonyl (C=O) groups is 1. The van der Waals surface area contributed by atoms with E-state index in [0.717, 1.165) is 12.8 Å². The quantitative estimate of drug-likeness (QED) is 0.401. The second kappa shape index (κ2) is 6.52. The lowest BCUT2D eigenvalue weighted by Crippen LogP contribution is -2.59. The molecule has 0 aromatic carbocycles. The number of hydrogen-bond acceptors (Lipinski definition) is 5. The lowest BCUT2D eigenvalue weighted by atomic mass is 9.66. The second-order valence-electron chi connectivity index (χ2n) is 5.31. The molecule has 0 amide bonds. The molecule has 1 aliphatic carbocycles. The van der Waals surface area contributed by atoms with Crippen LogP contribution < -0.4 is 11.1 Å². The Morgan fingerprint density at radius 2 is 2.17 bits per heavy atom. The Kier molecular flexibility index (Phi) is 5.59. The molecule has 0 aromatic heterocycles. The first kappa shape index (κ1) is 15.4. The Morgan fingerprint density at radius 3 is 2.67 bits per heavy atom. The van der Waals surface area contributed by atoms with Gasteiger partial charge in [0, 0.05) is 5.92 Å². The summed E-state index contributed by atoms with van der Waals surface area (Å²) >= 11 is 0. The second-order valence-corrected chi connectivity index (χ2v) is 5.31. The lowest BCUT2D eigenvalue weighted by Gasteiger charge is -2.41. The van der Waals surface area contributed by atoms with Gasteiger partial charge in [0.05, 0.1) is 0 Å². The van der Waals surface area contributed by atoms with Crippen molar-refractivity contribution >= 4 is 13.1 Å². The first-order valence-corrected chi connectivity index (χ1v) is 6.43. The average Bonchev–Trinajstić information content (AvgIpc) is 2.29. The van der Waals surface area contributed by atoms with Crippen molar-refractivity contribution in [3.05, 3.63) is 0 Å². The molecule has 18 heavy (non-hydrogen) atoms. The molecule has 0 radical (unpaired) electrons. The van der Waals surface area contributed by atoms with Crippen molar-refractivity contribution in [2.45, 2.75) is 37.5 Å². The van der Waals surface area contributed by atoms with Crippen LogP contribution in [0.5, 0.6) is 0 Å². The maximum atomic E-state index is 11.4. The van der Waals surface area contributed by atoms with Gasteiger partial charge in [-0.25, -0.2) is 0 Å². The Bertz CT molecular complexity index is 290. The SMILES string of the molecule is CNC[C@@H]1CC[C@@H](CCB(O)O)C[C@]1(N)C(=O)O. The van der Waals surface area contributed by atoms with Crippen molar-refractivity contribution in [2.24, 2.45) is 17.6 Å². The summed E-state index contributed by atoms with van der Waals surface area (Å²) in [5.41, 5.74) is 4.86. The van der Waals surface area contributed by atoms with Crippen LogP contribution in [0.2, 0.25) is 6.32 Å². The van der Waals surface area contributed by atoms with E-state index in [1.165, 1.54) is 0 Å². The number of rotatable bonds is 6. The molecular formula is C11H23BN2O4.